The van der Waals surface area contributed by atoms with Crippen molar-refractivity contribution in [2.24, 2.45) is 0 Å². The SMILES string of the molecule is Ic1cc2c(s1)CCCC2NCCCn1cccn1. The van der Waals surface area contributed by atoms with Gasteiger partial charge in [0.15, 0.2) is 0 Å². The molecule has 1 N–H and O–H groups in total. The number of rotatable bonds is 5. The molecule has 1 aliphatic carbocycles. The van der Waals surface area contributed by atoms with Crippen LogP contribution < -0.4 is 5.32 Å². The quantitative estimate of drug-likeness (QED) is 0.628. The van der Waals surface area contributed by atoms with Gasteiger partial charge in [0.25, 0.3) is 0 Å². The predicted octanol–water partition coefficient (Wildman–Crippen LogP) is 3.61. The molecule has 2 aromatic heterocycles. The fraction of sp³-hybridized carbons (Fsp3) is 0.500. The lowest BCUT2D eigenvalue weighted by molar-refractivity contribution is 0.443. The second-order valence-corrected chi connectivity index (χ2v) is 7.98. The summed E-state index contributed by atoms with van der Waals surface area (Å²) in [5.41, 5.74) is 1.56. The van der Waals surface area contributed by atoms with Crippen LogP contribution in [0.2, 0.25) is 0 Å². The van der Waals surface area contributed by atoms with E-state index in [1.807, 2.05) is 34.5 Å². The molecule has 0 saturated carbocycles. The highest BCUT2D eigenvalue weighted by Gasteiger charge is 2.21. The standard InChI is InChI=1S/C14H18IN3S/c15-14-10-11-12(4-1-5-13(11)19-14)16-6-2-8-18-9-3-7-17-18/h3,7,9-10,12,16H,1-2,4-6,8H2. The summed E-state index contributed by atoms with van der Waals surface area (Å²) in [4.78, 5) is 1.60. The molecule has 1 atom stereocenters. The van der Waals surface area contributed by atoms with Crippen LogP contribution in [0.5, 0.6) is 0 Å². The van der Waals surface area contributed by atoms with Gasteiger partial charge in [0.2, 0.25) is 0 Å². The maximum atomic E-state index is 4.23. The molecule has 0 bridgehead atoms. The molecule has 102 valence electrons. The molecule has 0 radical (unpaired) electrons. The fourth-order valence-electron chi connectivity index (χ4n) is 2.68. The summed E-state index contributed by atoms with van der Waals surface area (Å²) in [5, 5.41) is 7.95. The van der Waals surface area contributed by atoms with Gasteiger partial charge in [0.1, 0.15) is 0 Å². The molecule has 0 aliphatic heterocycles. The lowest BCUT2D eigenvalue weighted by Crippen LogP contribution is -2.25. The van der Waals surface area contributed by atoms with Crippen molar-refractivity contribution in [2.75, 3.05) is 6.54 Å². The number of hydrogen-bond donors (Lipinski definition) is 1. The van der Waals surface area contributed by atoms with Crippen molar-refractivity contribution in [3.63, 3.8) is 0 Å². The number of aromatic nitrogens is 2. The van der Waals surface area contributed by atoms with Crippen LogP contribution >= 0.6 is 33.9 Å². The maximum absolute atomic E-state index is 4.23. The number of nitrogens with one attached hydrogen (secondary N) is 1. The summed E-state index contributed by atoms with van der Waals surface area (Å²) in [6, 6.07) is 4.92. The van der Waals surface area contributed by atoms with Crippen LogP contribution in [0.4, 0.5) is 0 Å². The van der Waals surface area contributed by atoms with E-state index in [0.717, 1.165) is 19.5 Å². The molecule has 0 amide bonds. The zero-order valence-electron chi connectivity index (χ0n) is 10.8. The van der Waals surface area contributed by atoms with Gasteiger partial charge in [-0.3, -0.25) is 4.68 Å². The van der Waals surface area contributed by atoms with Crippen molar-refractivity contribution < 1.29 is 0 Å². The molecule has 0 spiro atoms. The van der Waals surface area contributed by atoms with Crippen molar-refractivity contribution in [3.8, 4) is 0 Å². The van der Waals surface area contributed by atoms with Gasteiger partial charge in [0.05, 0.1) is 2.88 Å². The predicted molar refractivity (Wildman–Crippen MR) is 87.6 cm³/mol. The largest absolute Gasteiger partial charge is 0.310 e. The Morgan fingerprint density at radius 2 is 2.47 bits per heavy atom. The lowest BCUT2D eigenvalue weighted by atomic mass is 9.94. The third kappa shape index (κ3) is 3.38. The van der Waals surface area contributed by atoms with Crippen molar-refractivity contribution >= 4 is 33.9 Å². The first kappa shape index (κ1) is 13.6. The van der Waals surface area contributed by atoms with Crippen LogP contribution in [0, 0.1) is 2.88 Å². The minimum Gasteiger partial charge on any atom is -0.310 e. The molecule has 2 heterocycles. The Morgan fingerprint density at radius 1 is 1.53 bits per heavy atom. The Bertz CT molecular complexity index is 521. The van der Waals surface area contributed by atoms with Gasteiger partial charge in [-0.2, -0.15) is 5.10 Å². The van der Waals surface area contributed by atoms with E-state index >= 15 is 0 Å². The molecular formula is C14H18IN3S. The van der Waals surface area contributed by atoms with Crippen LogP contribution in [0.3, 0.4) is 0 Å². The van der Waals surface area contributed by atoms with E-state index in [0.29, 0.717) is 6.04 Å². The van der Waals surface area contributed by atoms with E-state index in [-0.39, 0.29) is 0 Å². The van der Waals surface area contributed by atoms with E-state index in [9.17, 15) is 0 Å². The molecule has 5 heteroatoms. The minimum absolute atomic E-state index is 0.570. The number of aryl methyl sites for hydroxylation is 2. The Hall–Kier alpha value is -0.400. The van der Waals surface area contributed by atoms with E-state index in [2.05, 4.69) is 39.1 Å². The van der Waals surface area contributed by atoms with Crippen LogP contribution in [0.25, 0.3) is 0 Å². The van der Waals surface area contributed by atoms with E-state index in [4.69, 9.17) is 0 Å². The zero-order chi connectivity index (χ0) is 13.1. The van der Waals surface area contributed by atoms with E-state index in [1.165, 1.54) is 22.1 Å². The number of hydrogen-bond acceptors (Lipinski definition) is 3. The Balaban J connectivity index is 1.50. The molecule has 1 aliphatic rings. The summed E-state index contributed by atoms with van der Waals surface area (Å²) in [6.45, 7) is 2.07. The summed E-state index contributed by atoms with van der Waals surface area (Å²) in [5.74, 6) is 0. The first-order chi connectivity index (χ1) is 9.33. The third-order valence-corrected chi connectivity index (χ3v) is 5.57. The second-order valence-electron chi connectivity index (χ2n) is 4.95. The summed E-state index contributed by atoms with van der Waals surface area (Å²) in [6.07, 6.45) is 8.87. The summed E-state index contributed by atoms with van der Waals surface area (Å²) >= 11 is 4.41. The lowest BCUT2D eigenvalue weighted by Gasteiger charge is -2.23. The zero-order valence-corrected chi connectivity index (χ0v) is 13.8. The molecule has 0 saturated heterocycles. The highest BCUT2D eigenvalue weighted by molar-refractivity contribution is 14.1. The fourth-order valence-corrected chi connectivity index (χ4v) is 4.80. The monoisotopic (exact) mass is 387 g/mol. The van der Waals surface area contributed by atoms with Crippen LogP contribution in [0.15, 0.2) is 24.5 Å². The molecule has 3 rings (SSSR count). The summed E-state index contributed by atoms with van der Waals surface area (Å²) < 4.78 is 3.43. The van der Waals surface area contributed by atoms with Crippen LogP contribution in [-0.4, -0.2) is 16.3 Å². The number of halogens is 1. The normalized spacial score (nSPS) is 18.5. The van der Waals surface area contributed by atoms with Gasteiger partial charge < -0.3 is 5.32 Å². The summed E-state index contributed by atoms with van der Waals surface area (Å²) in [7, 11) is 0. The first-order valence-corrected chi connectivity index (χ1v) is 8.71. The van der Waals surface area contributed by atoms with Crippen LogP contribution in [-0.2, 0) is 13.0 Å². The van der Waals surface area contributed by atoms with Gasteiger partial charge >= 0.3 is 0 Å². The molecule has 0 fully saturated rings. The first-order valence-electron chi connectivity index (χ1n) is 6.82. The average Bonchev–Trinajstić information content (AvgIpc) is 3.02. The maximum Gasteiger partial charge on any atom is 0.0659 e. The van der Waals surface area contributed by atoms with Crippen molar-refractivity contribution in [2.45, 2.75) is 38.3 Å². The van der Waals surface area contributed by atoms with Gasteiger partial charge in [-0.1, -0.05) is 0 Å². The smallest absolute Gasteiger partial charge is 0.0659 e. The molecule has 1 unspecified atom stereocenters. The third-order valence-electron chi connectivity index (χ3n) is 3.60. The van der Waals surface area contributed by atoms with Crippen molar-refractivity contribution in [1.82, 2.24) is 15.1 Å². The minimum atomic E-state index is 0.570. The van der Waals surface area contributed by atoms with Crippen LogP contribution in [0.1, 0.15) is 35.7 Å². The number of thiophene rings is 1. The highest BCUT2D eigenvalue weighted by atomic mass is 127. The van der Waals surface area contributed by atoms with E-state index in [1.54, 1.807) is 10.4 Å². The Morgan fingerprint density at radius 3 is 3.32 bits per heavy atom. The average molecular weight is 387 g/mol. The molecular weight excluding hydrogens is 369 g/mol. The topological polar surface area (TPSA) is 29.9 Å². The Labute approximate surface area is 131 Å². The molecule has 3 nitrogen and oxygen atoms in total. The molecule has 0 aromatic carbocycles. The molecule has 2 aromatic rings. The van der Waals surface area contributed by atoms with Gasteiger partial charge in [-0.05, 0) is 72.5 Å². The van der Waals surface area contributed by atoms with Gasteiger partial charge in [-0.25, -0.2) is 0 Å². The number of fused-ring (bicyclic) bond motifs is 1. The van der Waals surface area contributed by atoms with Crippen molar-refractivity contribution in [3.05, 3.63) is 37.9 Å². The highest BCUT2D eigenvalue weighted by Crippen LogP contribution is 2.36. The Kier molecular flexibility index (Phi) is 4.55. The van der Waals surface area contributed by atoms with Gasteiger partial charge in [-0.15, -0.1) is 11.3 Å². The van der Waals surface area contributed by atoms with E-state index < -0.39 is 0 Å². The number of nitrogens with zero attached hydrogens (tertiary/aromatic N) is 2. The second kappa shape index (κ2) is 6.37. The van der Waals surface area contributed by atoms with Crippen molar-refractivity contribution in [1.29, 1.82) is 0 Å². The van der Waals surface area contributed by atoms with Gasteiger partial charge in [0, 0.05) is 29.9 Å². The molecule has 19 heavy (non-hydrogen) atoms.